The number of anilines is 1. The van der Waals surface area contributed by atoms with Gasteiger partial charge in [0.25, 0.3) is 11.5 Å². The highest BCUT2D eigenvalue weighted by Crippen LogP contribution is 2.19. The summed E-state index contributed by atoms with van der Waals surface area (Å²) < 4.78 is 14.2. The van der Waals surface area contributed by atoms with Gasteiger partial charge in [-0.05, 0) is 54.3 Å². The summed E-state index contributed by atoms with van der Waals surface area (Å²) in [5, 5.41) is 2.71. The zero-order valence-corrected chi connectivity index (χ0v) is 15.3. The number of benzene rings is 2. The Balaban J connectivity index is 1.75. The van der Waals surface area contributed by atoms with E-state index in [-0.39, 0.29) is 18.0 Å². The van der Waals surface area contributed by atoms with Crippen LogP contribution in [0, 0.1) is 5.82 Å². The van der Waals surface area contributed by atoms with Gasteiger partial charge in [-0.1, -0.05) is 18.2 Å². The fourth-order valence-corrected chi connectivity index (χ4v) is 2.88. The van der Waals surface area contributed by atoms with Crippen LogP contribution >= 0.6 is 11.8 Å². The van der Waals surface area contributed by atoms with Crippen molar-refractivity contribution in [2.45, 2.75) is 11.5 Å². The lowest BCUT2D eigenvalue weighted by Crippen LogP contribution is -2.32. The molecule has 0 spiro atoms. The number of aromatic nitrogens is 1. The first kappa shape index (κ1) is 18.7. The summed E-state index contributed by atoms with van der Waals surface area (Å²) in [6.07, 6.45) is 3.35. The van der Waals surface area contributed by atoms with E-state index >= 15 is 0 Å². The standard InChI is InChI=1S/C20H17FN2O3S/c1-27-17-8-3-7-16(12-17)22-19(24)18-9-4-10-23(20(18)25)26-13-14-5-2-6-15(21)11-14/h2-12H,13H2,1H3,(H,22,24). The summed E-state index contributed by atoms with van der Waals surface area (Å²) in [7, 11) is 0. The molecule has 1 heterocycles. The molecule has 0 aliphatic heterocycles. The fraction of sp³-hybridized carbons (Fsp3) is 0.100. The van der Waals surface area contributed by atoms with Gasteiger partial charge >= 0.3 is 0 Å². The van der Waals surface area contributed by atoms with Gasteiger partial charge in [-0.25, -0.2) is 4.39 Å². The third-order valence-electron chi connectivity index (χ3n) is 3.75. The summed E-state index contributed by atoms with van der Waals surface area (Å²) in [6, 6.07) is 16.2. The molecule has 0 atom stereocenters. The number of rotatable bonds is 6. The second-order valence-electron chi connectivity index (χ2n) is 5.64. The van der Waals surface area contributed by atoms with Crippen LogP contribution < -0.4 is 15.7 Å². The maximum Gasteiger partial charge on any atom is 0.295 e. The number of hydrogen-bond acceptors (Lipinski definition) is 4. The van der Waals surface area contributed by atoms with Gasteiger partial charge in [-0.3, -0.25) is 9.59 Å². The molecule has 1 N–H and O–H groups in total. The van der Waals surface area contributed by atoms with Crippen LogP contribution in [0.1, 0.15) is 15.9 Å². The van der Waals surface area contributed by atoms with Crippen LogP contribution in [0.4, 0.5) is 10.1 Å². The molecule has 0 aliphatic carbocycles. The van der Waals surface area contributed by atoms with Crippen LogP contribution in [-0.2, 0) is 6.61 Å². The van der Waals surface area contributed by atoms with E-state index in [4.69, 9.17) is 4.84 Å². The monoisotopic (exact) mass is 384 g/mol. The Kier molecular flexibility index (Phi) is 5.93. The molecule has 27 heavy (non-hydrogen) atoms. The first-order valence-electron chi connectivity index (χ1n) is 8.11. The van der Waals surface area contributed by atoms with E-state index in [1.807, 2.05) is 24.5 Å². The largest absolute Gasteiger partial charge is 0.406 e. The number of thioether (sulfide) groups is 1. The second-order valence-corrected chi connectivity index (χ2v) is 6.52. The maximum absolute atomic E-state index is 13.2. The fourth-order valence-electron chi connectivity index (χ4n) is 2.42. The van der Waals surface area contributed by atoms with Gasteiger partial charge in [0.1, 0.15) is 18.0 Å². The van der Waals surface area contributed by atoms with Crippen LogP contribution in [0.15, 0.2) is 76.6 Å². The van der Waals surface area contributed by atoms with E-state index in [0.717, 1.165) is 9.63 Å². The average Bonchev–Trinajstić information content (AvgIpc) is 2.67. The molecular formula is C20H17FN2O3S. The van der Waals surface area contributed by atoms with Crippen molar-refractivity contribution in [3.8, 4) is 0 Å². The molecule has 3 aromatic rings. The summed E-state index contributed by atoms with van der Waals surface area (Å²) >= 11 is 1.55. The van der Waals surface area contributed by atoms with E-state index in [1.54, 1.807) is 36.0 Å². The van der Waals surface area contributed by atoms with Crippen molar-refractivity contribution in [2.24, 2.45) is 0 Å². The lowest BCUT2D eigenvalue weighted by molar-refractivity contribution is 0.0862. The zero-order chi connectivity index (χ0) is 19.2. The Morgan fingerprint density at radius 3 is 2.74 bits per heavy atom. The molecule has 2 aromatic carbocycles. The van der Waals surface area contributed by atoms with Crippen LogP contribution in [0.5, 0.6) is 0 Å². The van der Waals surface area contributed by atoms with Crippen molar-refractivity contribution < 1.29 is 14.0 Å². The summed E-state index contributed by atoms with van der Waals surface area (Å²) in [6.45, 7) is -0.00148. The number of nitrogens with one attached hydrogen (secondary N) is 1. The van der Waals surface area contributed by atoms with Crippen molar-refractivity contribution in [1.82, 2.24) is 4.73 Å². The zero-order valence-electron chi connectivity index (χ0n) is 14.5. The Bertz CT molecular complexity index is 1020. The number of carbonyl (C=O) groups is 1. The van der Waals surface area contributed by atoms with Gasteiger partial charge in [0.05, 0.1) is 0 Å². The number of pyridine rings is 1. The Morgan fingerprint density at radius 2 is 1.96 bits per heavy atom. The molecule has 5 nitrogen and oxygen atoms in total. The van der Waals surface area contributed by atoms with Gasteiger partial charge in [0, 0.05) is 16.8 Å². The smallest absolute Gasteiger partial charge is 0.295 e. The Labute approximate surface area is 159 Å². The van der Waals surface area contributed by atoms with E-state index < -0.39 is 11.5 Å². The predicted molar refractivity (Wildman–Crippen MR) is 104 cm³/mol. The van der Waals surface area contributed by atoms with Crippen molar-refractivity contribution in [1.29, 1.82) is 0 Å². The SMILES string of the molecule is CSc1cccc(NC(=O)c2cccn(OCc3cccc(F)c3)c2=O)c1. The van der Waals surface area contributed by atoms with E-state index in [1.165, 1.54) is 24.4 Å². The number of halogens is 1. The molecular weight excluding hydrogens is 367 g/mol. The Morgan fingerprint density at radius 1 is 1.15 bits per heavy atom. The summed E-state index contributed by atoms with van der Waals surface area (Å²) in [5.74, 6) is -0.911. The van der Waals surface area contributed by atoms with Crippen molar-refractivity contribution in [3.05, 3.63) is 94.2 Å². The highest BCUT2D eigenvalue weighted by atomic mass is 32.2. The second kappa shape index (κ2) is 8.55. The molecule has 1 aromatic heterocycles. The van der Waals surface area contributed by atoms with E-state index in [0.29, 0.717) is 11.3 Å². The molecule has 0 saturated heterocycles. The molecule has 0 unspecified atom stereocenters. The number of carbonyl (C=O) groups excluding carboxylic acids is 1. The predicted octanol–water partition coefficient (Wildman–Crippen LogP) is 3.59. The minimum Gasteiger partial charge on any atom is -0.406 e. The highest BCUT2D eigenvalue weighted by Gasteiger charge is 2.13. The topological polar surface area (TPSA) is 60.3 Å². The summed E-state index contributed by atoms with van der Waals surface area (Å²) in [5.41, 5.74) is 0.534. The van der Waals surface area contributed by atoms with Crippen LogP contribution in [-0.4, -0.2) is 16.9 Å². The van der Waals surface area contributed by atoms with E-state index in [9.17, 15) is 14.0 Å². The van der Waals surface area contributed by atoms with Gasteiger partial charge in [0.15, 0.2) is 0 Å². The molecule has 0 bridgehead atoms. The van der Waals surface area contributed by atoms with Crippen LogP contribution in [0.2, 0.25) is 0 Å². The molecule has 0 saturated carbocycles. The molecule has 3 rings (SSSR count). The quantitative estimate of drug-likeness (QED) is 0.660. The lowest BCUT2D eigenvalue weighted by Gasteiger charge is -2.10. The third-order valence-corrected chi connectivity index (χ3v) is 4.47. The minimum atomic E-state index is -0.590. The first-order valence-corrected chi connectivity index (χ1v) is 9.34. The lowest BCUT2D eigenvalue weighted by atomic mass is 10.2. The number of amides is 1. The van der Waals surface area contributed by atoms with Crippen molar-refractivity contribution in [3.63, 3.8) is 0 Å². The van der Waals surface area contributed by atoms with Crippen molar-refractivity contribution >= 4 is 23.4 Å². The normalized spacial score (nSPS) is 10.4. The van der Waals surface area contributed by atoms with Gasteiger partial charge < -0.3 is 10.2 Å². The first-order chi connectivity index (χ1) is 13.1. The average molecular weight is 384 g/mol. The van der Waals surface area contributed by atoms with Gasteiger partial charge in [-0.15, -0.1) is 11.8 Å². The number of nitrogens with zero attached hydrogens (tertiary/aromatic N) is 1. The Hall–Kier alpha value is -3.06. The number of hydrogen-bond donors (Lipinski definition) is 1. The highest BCUT2D eigenvalue weighted by molar-refractivity contribution is 7.98. The molecule has 0 radical (unpaired) electrons. The maximum atomic E-state index is 13.2. The molecule has 138 valence electrons. The van der Waals surface area contributed by atoms with Gasteiger partial charge in [-0.2, -0.15) is 4.73 Å². The molecule has 0 fully saturated rings. The molecule has 7 heteroatoms. The van der Waals surface area contributed by atoms with Crippen molar-refractivity contribution in [2.75, 3.05) is 11.6 Å². The van der Waals surface area contributed by atoms with Crippen LogP contribution in [0.3, 0.4) is 0 Å². The summed E-state index contributed by atoms with van der Waals surface area (Å²) in [4.78, 5) is 31.4. The van der Waals surface area contributed by atoms with Gasteiger partial charge in [0.2, 0.25) is 0 Å². The van der Waals surface area contributed by atoms with E-state index in [2.05, 4.69) is 5.32 Å². The third kappa shape index (κ3) is 4.77. The minimum absolute atomic E-state index is 0.00148. The molecule has 0 aliphatic rings. The van der Waals surface area contributed by atoms with Crippen LogP contribution in [0.25, 0.3) is 0 Å². The molecule has 1 amide bonds.